The second kappa shape index (κ2) is 6.76. The van der Waals surface area contributed by atoms with Crippen LogP contribution in [0.25, 0.3) is 0 Å². The van der Waals surface area contributed by atoms with E-state index in [9.17, 15) is 0 Å². The van der Waals surface area contributed by atoms with Crippen LogP contribution in [0, 0.1) is 5.92 Å². The Labute approximate surface area is 110 Å². The molecule has 17 heavy (non-hydrogen) atoms. The molecule has 1 unspecified atom stereocenters. The number of halogens is 1. The fraction of sp³-hybridized carbons (Fsp3) is 0.636. The first-order valence-corrected chi connectivity index (χ1v) is 6.39. The fourth-order valence-electron chi connectivity index (χ4n) is 1.53. The summed E-state index contributed by atoms with van der Waals surface area (Å²) in [6.07, 6.45) is 2.65. The standard InChI is InChI=1S/C11H19BrN4O/c1-7(2)4-8(5-13)15-11-14-6-9(12)10(16-11)17-3/h6-8H,4-5,13H2,1-3H3,(H,14,15,16). The molecule has 1 atom stereocenters. The first-order chi connectivity index (χ1) is 8.06. The van der Waals surface area contributed by atoms with E-state index in [-0.39, 0.29) is 6.04 Å². The lowest BCUT2D eigenvalue weighted by Gasteiger charge is -2.18. The zero-order valence-electron chi connectivity index (χ0n) is 10.4. The van der Waals surface area contributed by atoms with Crippen molar-refractivity contribution in [1.82, 2.24) is 9.97 Å². The van der Waals surface area contributed by atoms with E-state index in [4.69, 9.17) is 10.5 Å². The van der Waals surface area contributed by atoms with Crippen molar-refractivity contribution in [2.24, 2.45) is 11.7 Å². The lowest BCUT2D eigenvalue weighted by molar-refractivity contribution is 0.394. The smallest absolute Gasteiger partial charge is 0.232 e. The molecule has 0 aromatic carbocycles. The summed E-state index contributed by atoms with van der Waals surface area (Å²) in [5.74, 6) is 1.64. The van der Waals surface area contributed by atoms with E-state index < -0.39 is 0 Å². The number of ether oxygens (including phenoxy) is 1. The molecule has 3 N–H and O–H groups in total. The highest BCUT2D eigenvalue weighted by atomic mass is 79.9. The molecule has 0 aliphatic carbocycles. The molecule has 6 heteroatoms. The minimum absolute atomic E-state index is 0.181. The molecule has 0 spiro atoms. The third-order valence-corrected chi connectivity index (χ3v) is 2.82. The predicted octanol–water partition coefficient (Wildman–Crippen LogP) is 2.03. The molecule has 1 heterocycles. The molecule has 1 aromatic rings. The van der Waals surface area contributed by atoms with E-state index in [1.54, 1.807) is 13.3 Å². The van der Waals surface area contributed by atoms with Crippen LogP contribution in [0.15, 0.2) is 10.7 Å². The second-order valence-corrected chi connectivity index (χ2v) is 5.11. The SMILES string of the molecule is COc1nc(NC(CN)CC(C)C)ncc1Br. The number of aromatic nitrogens is 2. The third-order valence-electron chi connectivity index (χ3n) is 2.28. The van der Waals surface area contributed by atoms with Gasteiger partial charge in [-0.1, -0.05) is 13.8 Å². The van der Waals surface area contributed by atoms with E-state index in [1.165, 1.54) is 0 Å². The van der Waals surface area contributed by atoms with Gasteiger partial charge in [-0.05, 0) is 28.3 Å². The first-order valence-electron chi connectivity index (χ1n) is 5.60. The Morgan fingerprint density at radius 3 is 2.76 bits per heavy atom. The lowest BCUT2D eigenvalue weighted by Crippen LogP contribution is -2.31. The molecule has 0 fully saturated rings. The zero-order valence-corrected chi connectivity index (χ0v) is 12.0. The molecule has 0 saturated carbocycles. The summed E-state index contributed by atoms with van der Waals surface area (Å²) in [5.41, 5.74) is 5.71. The monoisotopic (exact) mass is 302 g/mol. The fourth-order valence-corrected chi connectivity index (χ4v) is 1.88. The number of rotatable bonds is 6. The summed E-state index contributed by atoms with van der Waals surface area (Å²) in [5, 5.41) is 3.21. The molecule has 0 radical (unpaired) electrons. The van der Waals surface area contributed by atoms with Crippen molar-refractivity contribution < 1.29 is 4.74 Å². The Morgan fingerprint density at radius 2 is 2.24 bits per heavy atom. The largest absolute Gasteiger partial charge is 0.480 e. The van der Waals surface area contributed by atoms with Crippen LogP contribution in [0.4, 0.5) is 5.95 Å². The molecule has 5 nitrogen and oxygen atoms in total. The Hall–Kier alpha value is -0.880. The maximum Gasteiger partial charge on any atom is 0.232 e. The van der Waals surface area contributed by atoms with Gasteiger partial charge in [0.25, 0.3) is 0 Å². The van der Waals surface area contributed by atoms with E-state index >= 15 is 0 Å². The number of hydrogen-bond acceptors (Lipinski definition) is 5. The van der Waals surface area contributed by atoms with Crippen molar-refractivity contribution in [3.05, 3.63) is 10.7 Å². The van der Waals surface area contributed by atoms with E-state index in [2.05, 4.69) is 45.1 Å². The summed E-state index contributed by atoms with van der Waals surface area (Å²) in [7, 11) is 1.57. The molecule has 0 bridgehead atoms. The molecule has 96 valence electrons. The molecular weight excluding hydrogens is 284 g/mol. The van der Waals surface area contributed by atoms with Crippen LogP contribution in [-0.4, -0.2) is 29.7 Å². The normalized spacial score (nSPS) is 12.6. The van der Waals surface area contributed by atoms with Crippen molar-refractivity contribution in [3.63, 3.8) is 0 Å². The van der Waals surface area contributed by atoms with Gasteiger partial charge in [-0.15, -0.1) is 0 Å². The number of nitrogens with one attached hydrogen (secondary N) is 1. The maximum atomic E-state index is 5.71. The third kappa shape index (κ3) is 4.47. The molecule has 0 aliphatic rings. The Kier molecular flexibility index (Phi) is 5.64. The highest BCUT2D eigenvalue weighted by Gasteiger charge is 2.11. The number of nitrogens with zero attached hydrogens (tertiary/aromatic N) is 2. The Balaban J connectivity index is 2.72. The van der Waals surface area contributed by atoms with Gasteiger partial charge in [0.2, 0.25) is 11.8 Å². The van der Waals surface area contributed by atoms with Gasteiger partial charge in [-0.3, -0.25) is 0 Å². The quantitative estimate of drug-likeness (QED) is 0.841. The van der Waals surface area contributed by atoms with Crippen LogP contribution in [-0.2, 0) is 0 Å². The highest BCUT2D eigenvalue weighted by molar-refractivity contribution is 9.10. The average molecular weight is 303 g/mol. The van der Waals surface area contributed by atoms with Crippen molar-refractivity contribution in [3.8, 4) is 5.88 Å². The maximum absolute atomic E-state index is 5.71. The van der Waals surface area contributed by atoms with Gasteiger partial charge in [0.05, 0.1) is 17.8 Å². The van der Waals surface area contributed by atoms with Gasteiger partial charge < -0.3 is 15.8 Å². The second-order valence-electron chi connectivity index (χ2n) is 4.26. The van der Waals surface area contributed by atoms with E-state index in [1.807, 2.05) is 0 Å². The van der Waals surface area contributed by atoms with Gasteiger partial charge in [-0.2, -0.15) is 4.98 Å². The summed E-state index contributed by atoms with van der Waals surface area (Å²) < 4.78 is 5.85. The molecule has 1 rings (SSSR count). The summed E-state index contributed by atoms with van der Waals surface area (Å²) in [6.45, 7) is 4.88. The summed E-state index contributed by atoms with van der Waals surface area (Å²) in [6, 6.07) is 0.181. The topological polar surface area (TPSA) is 73.1 Å². The van der Waals surface area contributed by atoms with Crippen LogP contribution < -0.4 is 15.8 Å². The number of methoxy groups -OCH3 is 1. The van der Waals surface area contributed by atoms with Crippen LogP contribution in [0.1, 0.15) is 20.3 Å². The Morgan fingerprint density at radius 1 is 1.53 bits per heavy atom. The zero-order chi connectivity index (χ0) is 12.8. The molecule has 0 saturated heterocycles. The molecule has 0 aliphatic heterocycles. The molecular formula is C11H19BrN4O. The van der Waals surface area contributed by atoms with Gasteiger partial charge in [0.1, 0.15) is 0 Å². The lowest BCUT2D eigenvalue weighted by atomic mass is 10.0. The van der Waals surface area contributed by atoms with Gasteiger partial charge in [-0.25, -0.2) is 4.98 Å². The number of anilines is 1. The van der Waals surface area contributed by atoms with E-state index in [0.29, 0.717) is 24.3 Å². The van der Waals surface area contributed by atoms with E-state index in [0.717, 1.165) is 10.9 Å². The van der Waals surface area contributed by atoms with Crippen LogP contribution in [0.3, 0.4) is 0 Å². The average Bonchev–Trinajstić information content (AvgIpc) is 2.30. The van der Waals surface area contributed by atoms with Crippen molar-refractivity contribution >= 4 is 21.9 Å². The summed E-state index contributed by atoms with van der Waals surface area (Å²) in [4.78, 5) is 8.42. The van der Waals surface area contributed by atoms with Crippen molar-refractivity contribution in [1.29, 1.82) is 0 Å². The predicted molar refractivity (Wildman–Crippen MR) is 72.2 cm³/mol. The van der Waals surface area contributed by atoms with Crippen molar-refractivity contribution in [2.45, 2.75) is 26.3 Å². The Bertz CT molecular complexity index is 359. The summed E-state index contributed by atoms with van der Waals surface area (Å²) >= 11 is 3.31. The van der Waals surface area contributed by atoms with Crippen molar-refractivity contribution in [2.75, 3.05) is 19.0 Å². The number of nitrogens with two attached hydrogens (primary N) is 1. The van der Waals surface area contributed by atoms with Gasteiger partial charge in [0, 0.05) is 12.6 Å². The highest BCUT2D eigenvalue weighted by Crippen LogP contribution is 2.22. The minimum atomic E-state index is 0.181. The van der Waals surface area contributed by atoms with Crippen LogP contribution in [0.5, 0.6) is 5.88 Å². The minimum Gasteiger partial charge on any atom is -0.480 e. The molecule has 0 amide bonds. The van der Waals surface area contributed by atoms with Gasteiger partial charge in [0.15, 0.2) is 0 Å². The molecule has 1 aromatic heterocycles. The van der Waals surface area contributed by atoms with Crippen LogP contribution >= 0.6 is 15.9 Å². The van der Waals surface area contributed by atoms with Crippen LogP contribution in [0.2, 0.25) is 0 Å². The number of hydrogen-bond donors (Lipinski definition) is 2. The first kappa shape index (κ1) is 14.2. The van der Waals surface area contributed by atoms with Gasteiger partial charge >= 0.3 is 0 Å².